The van der Waals surface area contributed by atoms with Crippen LogP contribution in [0.4, 0.5) is 13.2 Å². The number of alkyl halides is 3. The van der Waals surface area contributed by atoms with Crippen molar-refractivity contribution >= 4 is 0 Å². The lowest BCUT2D eigenvalue weighted by molar-refractivity contribution is -0.678. The van der Waals surface area contributed by atoms with Gasteiger partial charge in [0, 0.05) is 10.7 Å². The molecule has 0 saturated heterocycles. The van der Waals surface area contributed by atoms with Gasteiger partial charge >= 0.3 is 6.18 Å². The van der Waals surface area contributed by atoms with Crippen molar-refractivity contribution in [2.75, 3.05) is 0 Å². The molecule has 7 heteroatoms. The van der Waals surface area contributed by atoms with Crippen molar-refractivity contribution < 1.29 is 18.0 Å². The Hall–Kier alpha value is -2.83. The van der Waals surface area contributed by atoms with Crippen molar-refractivity contribution in [2.24, 2.45) is 0 Å². The lowest BCUT2D eigenvalue weighted by Gasteiger charge is -2.08. The molecular formula is C15H10F3N3O. The molecule has 0 aliphatic carbocycles. The summed E-state index contributed by atoms with van der Waals surface area (Å²) >= 11 is 0. The zero-order valence-corrected chi connectivity index (χ0v) is 11.2. The molecule has 0 unspecified atom stereocenters. The number of hydrogen-bond acceptors (Lipinski definition) is 2. The summed E-state index contributed by atoms with van der Waals surface area (Å²) in [6.07, 6.45) is -3.08. The van der Waals surface area contributed by atoms with Gasteiger partial charge in [0.1, 0.15) is 5.69 Å². The summed E-state index contributed by atoms with van der Waals surface area (Å²) in [7, 11) is 0. The number of para-hydroxylation sites is 1. The van der Waals surface area contributed by atoms with Gasteiger partial charge in [-0.15, -0.1) is 4.85 Å². The molecular weight excluding hydrogens is 295 g/mol. The van der Waals surface area contributed by atoms with E-state index in [9.17, 15) is 18.4 Å². The highest BCUT2D eigenvalue weighted by atomic mass is 19.4. The van der Waals surface area contributed by atoms with Crippen LogP contribution in [0.1, 0.15) is 5.56 Å². The molecule has 112 valence electrons. The molecule has 0 atom stereocenters. The van der Waals surface area contributed by atoms with Crippen LogP contribution in [0, 0.1) is 5.21 Å². The summed E-state index contributed by atoms with van der Waals surface area (Å²) in [6, 6.07) is 13.1. The van der Waals surface area contributed by atoms with E-state index >= 15 is 0 Å². The second-order valence-electron chi connectivity index (χ2n) is 4.60. The van der Waals surface area contributed by atoms with Gasteiger partial charge in [0.05, 0.1) is 5.56 Å². The summed E-state index contributed by atoms with van der Waals surface area (Å²) in [5.74, 6) is 0. The third kappa shape index (κ3) is 2.52. The predicted molar refractivity (Wildman–Crippen MR) is 73.0 cm³/mol. The van der Waals surface area contributed by atoms with Gasteiger partial charge in [-0.05, 0) is 41.2 Å². The van der Waals surface area contributed by atoms with Crippen molar-refractivity contribution in [3.8, 4) is 16.9 Å². The third-order valence-corrected chi connectivity index (χ3v) is 3.16. The van der Waals surface area contributed by atoms with E-state index in [1.54, 1.807) is 30.3 Å². The first-order valence-electron chi connectivity index (χ1n) is 6.38. The summed E-state index contributed by atoms with van der Waals surface area (Å²) in [4.78, 5) is 1.67. The van der Waals surface area contributed by atoms with Crippen LogP contribution in [0.2, 0.25) is 0 Å². The minimum atomic E-state index is -4.40. The fourth-order valence-electron chi connectivity index (χ4n) is 2.06. The Labute approximate surface area is 123 Å². The van der Waals surface area contributed by atoms with Crippen LogP contribution >= 0.6 is 0 Å². The maximum absolute atomic E-state index is 12.5. The van der Waals surface area contributed by atoms with Gasteiger partial charge in [-0.2, -0.15) is 13.2 Å². The summed E-state index contributed by atoms with van der Waals surface area (Å²) in [6.45, 7) is 0. The molecule has 0 spiro atoms. The molecule has 3 aromatic rings. The zero-order valence-electron chi connectivity index (χ0n) is 11.2. The molecule has 0 aliphatic rings. The van der Waals surface area contributed by atoms with Gasteiger partial charge in [0.2, 0.25) is 11.9 Å². The highest BCUT2D eigenvalue weighted by Gasteiger charge is 2.30. The summed E-state index contributed by atoms with van der Waals surface area (Å²) < 4.78 is 37.6. The van der Waals surface area contributed by atoms with E-state index < -0.39 is 11.7 Å². The van der Waals surface area contributed by atoms with Crippen LogP contribution in [0.5, 0.6) is 0 Å². The average Bonchev–Trinajstić information content (AvgIpc) is 2.89. The number of aromatic nitrogens is 3. The standard InChI is InChI=1S/C15H10F3N3O/c16-15(17,18)12-8-6-11(7-9-12)14-10-19-20(21(14)22)13-4-2-1-3-5-13/h1-10H. The fourth-order valence-corrected chi connectivity index (χ4v) is 2.06. The first-order chi connectivity index (χ1) is 10.5. The molecule has 0 aliphatic heterocycles. The molecule has 0 radical (unpaired) electrons. The Kier molecular flexibility index (Phi) is 3.32. The molecule has 0 N–H and O–H groups in total. The molecule has 22 heavy (non-hydrogen) atoms. The second-order valence-corrected chi connectivity index (χ2v) is 4.60. The van der Waals surface area contributed by atoms with Crippen molar-refractivity contribution in [3.05, 3.63) is 71.6 Å². The van der Waals surface area contributed by atoms with Gasteiger partial charge in [-0.3, -0.25) is 0 Å². The number of nitrogens with zero attached hydrogens (tertiary/aromatic N) is 3. The van der Waals surface area contributed by atoms with Crippen molar-refractivity contribution in [1.82, 2.24) is 9.90 Å². The Morgan fingerprint density at radius 3 is 2.18 bits per heavy atom. The van der Waals surface area contributed by atoms with Gasteiger partial charge < -0.3 is 5.21 Å². The van der Waals surface area contributed by atoms with E-state index in [0.29, 0.717) is 16.1 Å². The van der Waals surface area contributed by atoms with Gasteiger partial charge in [0.25, 0.3) is 0 Å². The fraction of sp³-hybridized carbons (Fsp3) is 0.0667. The Morgan fingerprint density at radius 1 is 0.955 bits per heavy atom. The second kappa shape index (κ2) is 5.18. The minimum absolute atomic E-state index is 0.178. The third-order valence-electron chi connectivity index (χ3n) is 3.16. The molecule has 0 bridgehead atoms. The normalized spacial score (nSPS) is 11.6. The first-order valence-corrected chi connectivity index (χ1v) is 6.38. The SMILES string of the molecule is [O-][n+]1c(-c2ccc(C(F)(F)F)cc2)cnn1-c1ccccc1. The Balaban J connectivity index is 1.98. The maximum Gasteiger partial charge on any atom is 0.416 e. The van der Waals surface area contributed by atoms with E-state index in [1.165, 1.54) is 18.3 Å². The molecule has 0 saturated carbocycles. The largest absolute Gasteiger partial charge is 0.692 e. The highest BCUT2D eigenvalue weighted by Crippen LogP contribution is 2.30. The summed E-state index contributed by atoms with van der Waals surface area (Å²) in [5, 5.41) is 16.2. The topological polar surface area (TPSA) is 44.8 Å². The van der Waals surface area contributed by atoms with Crippen molar-refractivity contribution in [2.45, 2.75) is 6.18 Å². The summed E-state index contributed by atoms with van der Waals surface area (Å²) in [5.41, 5.74) is 0.350. The Morgan fingerprint density at radius 2 is 1.59 bits per heavy atom. The van der Waals surface area contributed by atoms with Crippen LogP contribution in [0.15, 0.2) is 60.8 Å². The molecule has 2 aromatic carbocycles. The van der Waals surface area contributed by atoms with Crippen LogP contribution in [-0.4, -0.2) is 9.90 Å². The van der Waals surface area contributed by atoms with E-state index in [-0.39, 0.29) is 5.69 Å². The number of halogens is 3. The predicted octanol–water partition coefficient (Wildman–Crippen LogP) is 3.19. The van der Waals surface area contributed by atoms with Crippen LogP contribution < -0.4 is 4.85 Å². The van der Waals surface area contributed by atoms with Gasteiger partial charge in [-0.25, -0.2) is 0 Å². The number of rotatable bonds is 2. The molecule has 0 fully saturated rings. The zero-order chi connectivity index (χ0) is 15.7. The molecule has 0 amide bonds. The maximum atomic E-state index is 12.5. The quantitative estimate of drug-likeness (QED) is 0.539. The monoisotopic (exact) mass is 305 g/mol. The van der Waals surface area contributed by atoms with Crippen LogP contribution in [0.25, 0.3) is 16.9 Å². The molecule has 1 heterocycles. The average molecular weight is 305 g/mol. The lowest BCUT2D eigenvalue weighted by Crippen LogP contribution is -2.38. The Bertz CT molecular complexity index is 780. The lowest BCUT2D eigenvalue weighted by atomic mass is 10.1. The van der Waals surface area contributed by atoms with E-state index in [4.69, 9.17) is 0 Å². The first kappa shape index (κ1) is 14.1. The van der Waals surface area contributed by atoms with Gasteiger partial charge in [-0.1, -0.05) is 18.2 Å². The van der Waals surface area contributed by atoms with Crippen molar-refractivity contribution in [3.63, 3.8) is 0 Å². The van der Waals surface area contributed by atoms with Gasteiger partial charge in [0.15, 0.2) is 0 Å². The van der Waals surface area contributed by atoms with Crippen molar-refractivity contribution in [1.29, 1.82) is 0 Å². The number of benzene rings is 2. The van der Waals surface area contributed by atoms with Crippen LogP contribution in [-0.2, 0) is 6.18 Å². The molecule has 3 rings (SSSR count). The van der Waals surface area contributed by atoms with E-state index in [0.717, 1.165) is 16.9 Å². The molecule has 1 aromatic heterocycles. The van der Waals surface area contributed by atoms with E-state index in [2.05, 4.69) is 5.10 Å². The minimum Gasteiger partial charge on any atom is -0.692 e. The van der Waals surface area contributed by atoms with Crippen LogP contribution in [0.3, 0.4) is 0 Å². The highest BCUT2D eigenvalue weighted by molar-refractivity contribution is 5.55. The number of hydrogen-bond donors (Lipinski definition) is 0. The van der Waals surface area contributed by atoms with E-state index in [1.807, 2.05) is 0 Å². The molecule has 4 nitrogen and oxygen atoms in total. The smallest absolute Gasteiger partial charge is 0.416 e.